The molecule has 2 N–H and O–H groups in total. The molecule has 1 saturated heterocycles. The van der Waals surface area contributed by atoms with Gasteiger partial charge in [-0.3, -0.25) is 0 Å². The van der Waals surface area contributed by atoms with Crippen LogP contribution >= 0.6 is 12.2 Å². The fraction of sp³-hybridized carbons (Fsp3) is 0.455. The second-order valence-corrected chi connectivity index (χ2v) is 4.36. The summed E-state index contributed by atoms with van der Waals surface area (Å²) in [4.78, 5) is 7.10. The normalized spacial score (nSPS) is 20.6. The third-order valence-electron chi connectivity index (χ3n) is 2.88. The molecule has 2 rings (SSSR count). The minimum Gasteiger partial charge on any atom is -0.389 e. The molecule has 1 aromatic rings. The number of rotatable bonds is 2. The van der Waals surface area contributed by atoms with E-state index < -0.39 is 0 Å². The number of hydrogen-bond donors (Lipinski definition) is 1. The van der Waals surface area contributed by atoms with Gasteiger partial charge in [-0.2, -0.15) is 0 Å². The Morgan fingerprint density at radius 1 is 1.67 bits per heavy atom. The summed E-state index contributed by atoms with van der Waals surface area (Å²) in [7, 11) is 0. The Kier molecular flexibility index (Phi) is 2.86. The number of thiocarbonyl (C=S) groups is 1. The Labute approximate surface area is 95.3 Å². The van der Waals surface area contributed by atoms with Gasteiger partial charge in [-0.25, -0.2) is 4.98 Å². The number of nitrogens with two attached hydrogens (primary N) is 1. The van der Waals surface area contributed by atoms with E-state index in [4.69, 9.17) is 18.0 Å². The van der Waals surface area contributed by atoms with Crippen molar-refractivity contribution < 1.29 is 0 Å². The fourth-order valence-electron chi connectivity index (χ4n) is 2.07. The van der Waals surface area contributed by atoms with E-state index in [1.165, 1.54) is 12.8 Å². The van der Waals surface area contributed by atoms with Crippen molar-refractivity contribution in [3.8, 4) is 0 Å². The third-order valence-corrected chi connectivity index (χ3v) is 3.10. The van der Waals surface area contributed by atoms with Gasteiger partial charge in [0.15, 0.2) is 0 Å². The molecule has 15 heavy (non-hydrogen) atoms. The van der Waals surface area contributed by atoms with Gasteiger partial charge in [-0.1, -0.05) is 12.2 Å². The number of pyridine rings is 1. The molecule has 0 bridgehead atoms. The van der Waals surface area contributed by atoms with Gasteiger partial charge in [0.25, 0.3) is 0 Å². The lowest BCUT2D eigenvalue weighted by atomic mass is 10.2. The highest BCUT2D eigenvalue weighted by Crippen LogP contribution is 2.26. The Balaban J connectivity index is 2.38. The van der Waals surface area contributed by atoms with Crippen molar-refractivity contribution in [3.63, 3.8) is 0 Å². The maximum absolute atomic E-state index is 5.69. The smallest absolute Gasteiger partial charge is 0.139 e. The Bertz CT molecular complexity index is 378. The van der Waals surface area contributed by atoms with E-state index in [0.29, 0.717) is 11.0 Å². The van der Waals surface area contributed by atoms with E-state index in [1.807, 2.05) is 12.1 Å². The van der Waals surface area contributed by atoms with E-state index in [0.717, 1.165) is 17.9 Å². The molecule has 1 unspecified atom stereocenters. The summed E-state index contributed by atoms with van der Waals surface area (Å²) in [6, 6.07) is 4.35. The number of anilines is 1. The van der Waals surface area contributed by atoms with Crippen molar-refractivity contribution in [2.24, 2.45) is 5.73 Å². The maximum Gasteiger partial charge on any atom is 0.139 e. The van der Waals surface area contributed by atoms with Crippen LogP contribution in [0.4, 0.5) is 5.82 Å². The highest BCUT2D eigenvalue weighted by atomic mass is 32.1. The highest BCUT2D eigenvalue weighted by Gasteiger charge is 2.23. The van der Waals surface area contributed by atoms with Crippen molar-refractivity contribution >= 4 is 23.0 Å². The minimum atomic E-state index is 0.428. The van der Waals surface area contributed by atoms with Gasteiger partial charge in [-0.15, -0.1) is 0 Å². The lowest BCUT2D eigenvalue weighted by molar-refractivity contribution is 0.727. The standard InChI is InChI=1S/C11H15N3S/c1-8-4-3-7-14(8)11-9(10(12)15)5-2-6-13-11/h2,5-6,8H,3-4,7H2,1H3,(H2,12,15). The molecule has 4 heteroatoms. The average molecular weight is 221 g/mol. The molecule has 0 aromatic carbocycles. The molecule has 0 aliphatic carbocycles. The largest absolute Gasteiger partial charge is 0.389 e. The molecule has 2 heterocycles. The molecule has 80 valence electrons. The highest BCUT2D eigenvalue weighted by molar-refractivity contribution is 7.80. The van der Waals surface area contributed by atoms with E-state index in [1.54, 1.807) is 6.20 Å². The zero-order valence-corrected chi connectivity index (χ0v) is 9.63. The molecule has 0 spiro atoms. The van der Waals surface area contributed by atoms with Gasteiger partial charge in [-0.05, 0) is 31.9 Å². The average Bonchev–Trinajstić information content (AvgIpc) is 2.64. The van der Waals surface area contributed by atoms with Crippen LogP contribution in [0.5, 0.6) is 0 Å². The summed E-state index contributed by atoms with van der Waals surface area (Å²) < 4.78 is 0. The molecule has 0 saturated carbocycles. The van der Waals surface area contributed by atoms with Crippen LogP contribution < -0.4 is 10.6 Å². The van der Waals surface area contributed by atoms with Gasteiger partial charge in [0.1, 0.15) is 10.8 Å². The molecular weight excluding hydrogens is 206 g/mol. The van der Waals surface area contributed by atoms with Gasteiger partial charge >= 0.3 is 0 Å². The topological polar surface area (TPSA) is 42.2 Å². The van der Waals surface area contributed by atoms with Crippen molar-refractivity contribution in [1.29, 1.82) is 0 Å². The number of nitrogens with zero attached hydrogens (tertiary/aromatic N) is 2. The van der Waals surface area contributed by atoms with Crippen LogP contribution in [0.25, 0.3) is 0 Å². The van der Waals surface area contributed by atoms with Crippen LogP contribution in [0.15, 0.2) is 18.3 Å². The van der Waals surface area contributed by atoms with Crippen molar-refractivity contribution in [2.75, 3.05) is 11.4 Å². The fourth-order valence-corrected chi connectivity index (χ4v) is 2.23. The molecule has 1 fully saturated rings. The molecule has 1 aliphatic rings. The predicted octanol–water partition coefficient (Wildman–Crippen LogP) is 1.70. The molecule has 3 nitrogen and oxygen atoms in total. The SMILES string of the molecule is CC1CCCN1c1ncccc1C(N)=S. The summed E-state index contributed by atoms with van der Waals surface area (Å²) >= 11 is 5.03. The van der Waals surface area contributed by atoms with Crippen molar-refractivity contribution in [1.82, 2.24) is 4.98 Å². The van der Waals surface area contributed by atoms with Crippen LogP contribution in [0.1, 0.15) is 25.3 Å². The van der Waals surface area contributed by atoms with Crippen molar-refractivity contribution in [2.45, 2.75) is 25.8 Å². The van der Waals surface area contributed by atoms with Crippen LogP contribution in [-0.4, -0.2) is 22.6 Å². The van der Waals surface area contributed by atoms with Gasteiger partial charge in [0, 0.05) is 18.8 Å². The summed E-state index contributed by atoms with van der Waals surface area (Å²) in [5.41, 5.74) is 6.58. The number of aromatic nitrogens is 1. The van der Waals surface area contributed by atoms with Crippen molar-refractivity contribution in [3.05, 3.63) is 23.9 Å². The van der Waals surface area contributed by atoms with Crippen LogP contribution in [0, 0.1) is 0 Å². The Morgan fingerprint density at radius 3 is 3.07 bits per heavy atom. The first-order valence-electron chi connectivity index (χ1n) is 5.21. The second-order valence-electron chi connectivity index (χ2n) is 3.92. The Hall–Kier alpha value is -1.16. The predicted molar refractivity (Wildman–Crippen MR) is 66.2 cm³/mol. The monoisotopic (exact) mass is 221 g/mol. The first-order chi connectivity index (χ1) is 7.20. The zero-order chi connectivity index (χ0) is 10.8. The van der Waals surface area contributed by atoms with E-state index in [2.05, 4.69) is 16.8 Å². The van der Waals surface area contributed by atoms with Crippen LogP contribution in [0.2, 0.25) is 0 Å². The minimum absolute atomic E-state index is 0.428. The molecule has 0 radical (unpaired) electrons. The number of hydrogen-bond acceptors (Lipinski definition) is 3. The molecule has 1 aromatic heterocycles. The summed E-state index contributed by atoms with van der Waals surface area (Å²) in [6.45, 7) is 3.26. The first-order valence-corrected chi connectivity index (χ1v) is 5.62. The van der Waals surface area contributed by atoms with E-state index >= 15 is 0 Å². The van der Waals surface area contributed by atoms with Crippen LogP contribution in [-0.2, 0) is 0 Å². The van der Waals surface area contributed by atoms with E-state index in [-0.39, 0.29) is 0 Å². The zero-order valence-electron chi connectivity index (χ0n) is 8.81. The van der Waals surface area contributed by atoms with E-state index in [9.17, 15) is 0 Å². The second kappa shape index (κ2) is 4.14. The third kappa shape index (κ3) is 1.95. The molecular formula is C11H15N3S. The molecule has 1 atom stereocenters. The quantitative estimate of drug-likeness (QED) is 0.772. The lowest BCUT2D eigenvalue weighted by Gasteiger charge is -2.24. The molecule has 1 aliphatic heterocycles. The summed E-state index contributed by atoms with van der Waals surface area (Å²) in [6.07, 6.45) is 4.23. The van der Waals surface area contributed by atoms with Gasteiger partial charge in [0.05, 0.1) is 5.56 Å². The lowest BCUT2D eigenvalue weighted by Crippen LogP contribution is -2.29. The summed E-state index contributed by atoms with van der Waals surface area (Å²) in [5, 5.41) is 0. The molecule has 0 amide bonds. The van der Waals surface area contributed by atoms with Crippen LogP contribution in [0.3, 0.4) is 0 Å². The summed E-state index contributed by atoms with van der Waals surface area (Å²) in [5.74, 6) is 0.940. The van der Waals surface area contributed by atoms with Gasteiger partial charge in [0.2, 0.25) is 0 Å². The van der Waals surface area contributed by atoms with Gasteiger partial charge < -0.3 is 10.6 Å². The first kappa shape index (κ1) is 10.4. The Morgan fingerprint density at radius 2 is 2.47 bits per heavy atom. The maximum atomic E-state index is 5.69.